The highest BCUT2D eigenvalue weighted by atomic mass is 16.1. The molecule has 1 aliphatic carbocycles. The van der Waals surface area contributed by atoms with Crippen LogP contribution < -0.4 is 10.6 Å². The summed E-state index contributed by atoms with van der Waals surface area (Å²) in [5, 5.41) is 6.37. The van der Waals surface area contributed by atoms with Crippen LogP contribution in [0.4, 0.5) is 0 Å². The van der Waals surface area contributed by atoms with Crippen molar-refractivity contribution >= 4 is 5.91 Å². The SMILES string of the molecule is CC(C)NC(=O)CCNCC1(N(C)C)CCCC1. The van der Waals surface area contributed by atoms with Gasteiger partial charge in [0.15, 0.2) is 0 Å². The number of carbonyl (C=O) groups is 1. The molecule has 1 amide bonds. The van der Waals surface area contributed by atoms with Crippen LogP contribution in [0.5, 0.6) is 0 Å². The van der Waals surface area contributed by atoms with Crippen molar-refractivity contribution in [1.82, 2.24) is 15.5 Å². The fourth-order valence-electron chi connectivity index (χ4n) is 2.73. The molecular weight excluding hydrogens is 226 g/mol. The second-order valence-corrected chi connectivity index (χ2v) is 5.97. The molecule has 0 bridgehead atoms. The number of carbonyl (C=O) groups excluding carboxylic acids is 1. The molecule has 0 heterocycles. The molecule has 1 rings (SSSR count). The van der Waals surface area contributed by atoms with Gasteiger partial charge in [-0.1, -0.05) is 12.8 Å². The summed E-state index contributed by atoms with van der Waals surface area (Å²) >= 11 is 0. The molecule has 0 atom stereocenters. The molecule has 2 N–H and O–H groups in total. The third-order valence-corrected chi connectivity index (χ3v) is 3.92. The van der Waals surface area contributed by atoms with Crippen LogP contribution in [0.2, 0.25) is 0 Å². The summed E-state index contributed by atoms with van der Waals surface area (Å²) in [6.45, 7) is 5.75. The molecule has 0 unspecified atom stereocenters. The lowest BCUT2D eigenvalue weighted by Crippen LogP contribution is -2.50. The number of likely N-dealkylation sites (N-methyl/N-ethyl adjacent to an activating group) is 1. The van der Waals surface area contributed by atoms with E-state index in [1.165, 1.54) is 25.7 Å². The van der Waals surface area contributed by atoms with Gasteiger partial charge >= 0.3 is 0 Å². The first-order valence-electron chi connectivity index (χ1n) is 7.14. The van der Waals surface area contributed by atoms with Gasteiger partial charge in [-0.25, -0.2) is 0 Å². The Labute approximate surface area is 111 Å². The van der Waals surface area contributed by atoms with Crippen molar-refractivity contribution in [2.24, 2.45) is 0 Å². The Morgan fingerprint density at radius 2 is 1.89 bits per heavy atom. The molecule has 0 aliphatic heterocycles. The Bertz CT molecular complexity index is 258. The van der Waals surface area contributed by atoms with E-state index in [1.54, 1.807) is 0 Å². The average Bonchev–Trinajstić information content (AvgIpc) is 2.73. The normalized spacial score (nSPS) is 18.6. The van der Waals surface area contributed by atoms with Gasteiger partial charge in [0.25, 0.3) is 0 Å². The van der Waals surface area contributed by atoms with E-state index in [-0.39, 0.29) is 11.9 Å². The van der Waals surface area contributed by atoms with Gasteiger partial charge in [0.1, 0.15) is 0 Å². The number of nitrogens with zero attached hydrogens (tertiary/aromatic N) is 1. The zero-order valence-electron chi connectivity index (χ0n) is 12.4. The number of hydrogen-bond donors (Lipinski definition) is 2. The van der Waals surface area contributed by atoms with Crippen molar-refractivity contribution in [3.63, 3.8) is 0 Å². The Morgan fingerprint density at radius 3 is 2.39 bits per heavy atom. The van der Waals surface area contributed by atoms with Crippen LogP contribution in [0.3, 0.4) is 0 Å². The van der Waals surface area contributed by atoms with E-state index in [2.05, 4.69) is 29.6 Å². The summed E-state index contributed by atoms with van der Waals surface area (Å²) in [5.74, 6) is 0.142. The highest BCUT2D eigenvalue weighted by molar-refractivity contribution is 5.76. The molecule has 106 valence electrons. The zero-order valence-corrected chi connectivity index (χ0v) is 12.4. The maximum Gasteiger partial charge on any atom is 0.221 e. The number of rotatable bonds is 7. The van der Waals surface area contributed by atoms with Crippen LogP contribution >= 0.6 is 0 Å². The highest BCUT2D eigenvalue weighted by Gasteiger charge is 2.35. The Hall–Kier alpha value is -0.610. The van der Waals surface area contributed by atoms with E-state index in [0.717, 1.165) is 13.1 Å². The van der Waals surface area contributed by atoms with Gasteiger partial charge < -0.3 is 15.5 Å². The van der Waals surface area contributed by atoms with E-state index in [1.807, 2.05) is 13.8 Å². The number of nitrogens with one attached hydrogen (secondary N) is 2. The molecular formula is C14H29N3O. The molecule has 4 heteroatoms. The predicted molar refractivity (Wildman–Crippen MR) is 75.7 cm³/mol. The Morgan fingerprint density at radius 1 is 1.28 bits per heavy atom. The van der Waals surface area contributed by atoms with E-state index in [9.17, 15) is 4.79 Å². The van der Waals surface area contributed by atoms with E-state index >= 15 is 0 Å². The number of hydrogen-bond acceptors (Lipinski definition) is 3. The molecule has 0 aromatic rings. The first-order chi connectivity index (χ1) is 8.46. The van der Waals surface area contributed by atoms with E-state index in [0.29, 0.717) is 12.0 Å². The lowest BCUT2D eigenvalue weighted by atomic mass is 9.96. The molecule has 18 heavy (non-hydrogen) atoms. The van der Waals surface area contributed by atoms with Gasteiger partial charge in [-0.3, -0.25) is 4.79 Å². The molecule has 0 aromatic heterocycles. The van der Waals surface area contributed by atoms with Gasteiger partial charge in [0.2, 0.25) is 5.91 Å². The van der Waals surface area contributed by atoms with Gasteiger partial charge in [-0.2, -0.15) is 0 Å². The Kier molecular flexibility index (Phi) is 6.09. The summed E-state index contributed by atoms with van der Waals surface area (Å²) < 4.78 is 0. The van der Waals surface area contributed by atoms with Crippen LogP contribution in [0.15, 0.2) is 0 Å². The second kappa shape index (κ2) is 7.10. The molecule has 0 saturated heterocycles. The van der Waals surface area contributed by atoms with Gasteiger partial charge in [-0.15, -0.1) is 0 Å². The molecule has 0 aromatic carbocycles. The second-order valence-electron chi connectivity index (χ2n) is 5.97. The largest absolute Gasteiger partial charge is 0.354 e. The van der Waals surface area contributed by atoms with Gasteiger partial charge in [0, 0.05) is 31.1 Å². The molecule has 0 spiro atoms. The van der Waals surface area contributed by atoms with Crippen molar-refractivity contribution in [2.45, 2.75) is 57.5 Å². The summed E-state index contributed by atoms with van der Waals surface area (Å²) in [4.78, 5) is 13.9. The zero-order chi connectivity index (χ0) is 13.6. The maximum absolute atomic E-state index is 11.5. The minimum absolute atomic E-state index is 0.142. The van der Waals surface area contributed by atoms with Crippen molar-refractivity contribution < 1.29 is 4.79 Å². The van der Waals surface area contributed by atoms with Crippen LogP contribution in [-0.4, -0.2) is 49.6 Å². The monoisotopic (exact) mass is 255 g/mol. The van der Waals surface area contributed by atoms with Gasteiger partial charge in [-0.05, 0) is 40.8 Å². The summed E-state index contributed by atoms with van der Waals surface area (Å²) in [7, 11) is 4.33. The third-order valence-electron chi connectivity index (χ3n) is 3.92. The standard InChI is InChI=1S/C14H29N3O/c1-12(2)16-13(18)7-10-15-11-14(17(3)4)8-5-6-9-14/h12,15H,5-11H2,1-4H3,(H,16,18). The van der Waals surface area contributed by atoms with Crippen LogP contribution in [0.1, 0.15) is 46.0 Å². The molecule has 1 saturated carbocycles. The first-order valence-corrected chi connectivity index (χ1v) is 7.14. The van der Waals surface area contributed by atoms with E-state index < -0.39 is 0 Å². The van der Waals surface area contributed by atoms with Crippen molar-refractivity contribution in [3.05, 3.63) is 0 Å². The fraction of sp³-hybridized carbons (Fsp3) is 0.929. The summed E-state index contributed by atoms with van der Waals surface area (Å²) in [5.41, 5.74) is 0.314. The molecule has 1 aliphatic rings. The highest BCUT2D eigenvalue weighted by Crippen LogP contribution is 2.32. The average molecular weight is 255 g/mol. The smallest absolute Gasteiger partial charge is 0.221 e. The van der Waals surface area contributed by atoms with Gasteiger partial charge in [0.05, 0.1) is 0 Å². The van der Waals surface area contributed by atoms with E-state index in [4.69, 9.17) is 0 Å². The van der Waals surface area contributed by atoms with Crippen molar-refractivity contribution in [2.75, 3.05) is 27.2 Å². The predicted octanol–water partition coefficient (Wildman–Crippen LogP) is 1.37. The van der Waals surface area contributed by atoms with Crippen LogP contribution in [0.25, 0.3) is 0 Å². The summed E-state index contributed by atoms with van der Waals surface area (Å²) in [6.07, 6.45) is 5.76. The molecule has 1 fully saturated rings. The topological polar surface area (TPSA) is 44.4 Å². The maximum atomic E-state index is 11.5. The number of amides is 1. The fourth-order valence-corrected chi connectivity index (χ4v) is 2.73. The minimum Gasteiger partial charge on any atom is -0.354 e. The van der Waals surface area contributed by atoms with Crippen LogP contribution in [-0.2, 0) is 4.79 Å². The third kappa shape index (κ3) is 4.58. The van der Waals surface area contributed by atoms with Crippen LogP contribution in [0, 0.1) is 0 Å². The van der Waals surface area contributed by atoms with Crippen molar-refractivity contribution in [3.8, 4) is 0 Å². The lowest BCUT2D eigenvalue weighted by molar-refractivity contribution is -0.121. The molecule has 4 nitrogen and oxygen atoms in total. The first kappa shape index (κ1) is 15.4. The minimum atomic E-state index is 0.142. The van der Waals surface area contributed by atoms with Crippen molar-refractivity contribution in [1.29, 1.82) is 0 Å². The molecule has 0 radical (unpaired) electrons. The Balaban J connectivity index is 2.22. The quantitative estimate of drug-likeness (QED) is 0.675. The summed E-state index contributed by atoms with van der Waals surface area (Å²) in [6, 6.07) is 0.237. The lowest BCUT2D eigenvalue weighted by Gasteiger charge is -2.36.